The van der Waals surface area contributed by atoms with E-state index in [-0.39, 0.29) is 24.2 Å². The highest BCUT2D eigenvalue weighted by Gasteiger charge is 2.37. The molecule has 0 bridgehead atoms. The van der Waals surface area contributed by atoms with Crippen LogP contribution in [0, 0.1) is 12.8 Å². The summed E-state index contributed by atoms with van der Waals surface area (Å²) in [6, 6.07) is 13.5. The van der Waals surface area contributed by atoms with Crippen LogP contribution in [-0.4, -0.2) is 47.4 Å². The van der Waals surface area contributed by atoms with Crippen LogP contribution in [0.5, 0.6) is 5.75 Å². The molecule has 1 aliphatic heterocycles. The van der Waals surface area contributed by atoms with Gasteiger partial charge in [-0.3, -0.25) is 9.59 Å². The van der Waals surface area contributed by atoms with Crippen LogP contribution in [0.15, 0.2) is 42.5 Å². The first-order chi connectivity index (χ1) is 14.0. The Hall–Kier alpha value is -3.35. The summed E-state index contributed by atoms with van der Waals surface area (Å²) in [5.74, 6) is 0.843. The number of anilines is 1. The quantitative estimate of drug-likeness (QED) is 0.724. The molecule has 7 heteroatoms. The van der Waals surface area contributed by atoms with E-state index >= 15 is 0 Å². The van der Waals surface area contributed by atoms with Gasteiger partial charge < -0.3 is 19.5 Å². The Labute approximate surface area is 169 Å². The van der Waals surface area contributed by atoms with Crippen molar-refractivity contribution in [1.29, 1.82) is 0 Å². The number of aryl methyl sites for hydroxylation is 1. The molecule has 2 amide bonds. The second kappa shape index (κ2) is 7.58. The predicted molar refractivity (Wildman–Crippen MR) is 111 cm³/mol. The minimum absolute atomic E-state index is 0.0621. The number of aromatic nitrogens is 2. The third-order valence-electron chi connectivity index (χ3n) is 5.30. The number of para-hydroxylation sites is 2. The number of H-pyrrole nitrogens is 1. The van der Waals surface area contributed by atoms with Gasteiger partial charge in [0.15, 0.2) is 0 Å². The number of benzene rings is 2. The van der Waals surface area contributed by atoms with Gasteiger partial charge in [0.25, 0.3) is 0 Å². The van der Waals surface area contributed by atoms with Crippen molar-refractivity contribution in [3.05, 3.63) is 53.9 Å². The van der Waals surface area contributed by atoms with Gasteiger partial charge in [-0.1, -0.05) is 18.2 Å². The lowest BCUT2D eigenvalue weighted by molar-refractivity contribution is -0.135. The maximum Gasteiger partial charge on any atom is 0.228 e. The van der Waals surface area contributed by atoms with E-state index < -0.39 is 0 Å². The number of aromatic amines is 1. The van der Waals surface area contributed by atoms with Crippen LogP contribution in [0.2, 0.25) is 0 Å². The van der Waals surface area contributed by atoms with Crippen molar-refractivity contribution in [3.63, 3.8) is 0 Å². The third-order valence-corrected chi connectivity index (χ3v) is 5.30. The zero-order valence-corrected chi connectivity index (χ0v) is 16.8. The number of hydrogen-bond donors (Lipinski definition) is 1. The van der Waals surface area contributed by atoms with Crippen LogP contribution in [0.25, 0.3) is 11.0 Å². The Balaban J connectivity index is 1.48. The highest BCUT2D eigenvalue weighted by Crippen LogP contribution is 2.34. The Morgan fingerprint density at radius 1 is 1.31 bits per heavy atom. The smallest absolute Gasteiger partial charge is 0.228 e. The summed E-state index contributed by atoms with van der Waals surface area (Å²) in [6.45, 7) is 2.68. The van der Waals surface area contributed by atoms with Gasteiger partial charge in [-0.2, -0.15) is 0 Å². The fraction of sp³-hybridized carbons (Fsp3) is 0.318. The number of hydrogen-bond acceptors (Lipinski definition) is 4. The van der Waals surface area contributed by atoms with Crippen molar-refractivity contribution in [1.82, 2.24) is 14.9 Å². The Kier molecular flexibility index (Phi) is 4.96. The molecule has 0 radical (unpaired) electrons. The highest BCUT2D eigenvalue weighted by molar-refractivity contribution is 6.01. The average molecular weight is 392 g/mol. The van der Waals surface area contributed by atoms with E-state index in [4.69, 9.17) is 4.74 Å². The Morgan fingerprint density at radius 3 is 2.86 bits per heavy atom. The monoisotopic (exact) mass is 392 g/mol. The lowest BCUT2D eigenvalue weighted by atomic mass is 10.1. The molecule has 3 aromatic rings. The van der Waals surface area contributed by atoms with Gasteiger partial charge in [0, 0.05) is 20.0 Å². The number of amides is 2. The van der Waals surface area contributed by atoms with Crippen molar-refractivity contribution < 1.29 is 14.3 Å². The Bertz CT molecular complexity index is 1040. The zero-order chi connectivity index (χ0) is 20.5. The number of carbonyl (C=O) groups excluding carboxylic acids is 2. The van der Waals surface area contributed by atoms with Gasteiger partial charge in [-0.05, 0) is 36.8 Å². The zero-order valence-electron chi connectivity index (χ0n) is 16.8. The predicted octanol–water partition coefficient (Wildman–Crippen LogP) is 2.89. The molecule has 1 fully saturated rings. The Morgan fingerprint density at radius 2 is 2.10 bits per heavy atom. The van der Waals surface area contributed by atoms with Gasteiger partial charge in [-0.25, -0.2) is 4.98 Å². The van der Waals surface area contributed by atoms with Crippen LogP contribution in [0.1, 0.15) is 17.8 Å². The topological polar surface area (TPSA) is 78.5 Å². The average Bonchev–Trinajstić information content (AvgIpc) is 3.30. The van der Waals surface area contributed by atoms with Crippen LogP contribution in [0.3, 0.4) is 0 Å². The van der Waals surface area contributed by atoms with Crippen molar-refractivity contribution in [2.45, 2.75) is 19.9 Å². The molecule has 150 valence electrons. The minimum Gasteiger partial charge on any atom is -0.495 e. The molecule has 1 saturated heterocycles. The fourth-order valence-corrected chi connectivity index (χ4v) is 3.81. The second-order valence-corrected chi connectivity index (χ2v) is 7.48. The first-order valence-corrected chi connectivity index (χ1v) is 9.60. The molecule has 1 aromatic heterocycles. The standard InChI is InChI=1S/C22H24N4O3/c1-14-8-9-19(29-3)18(10-14)26-12-15(11-21(26)27)22(28)25(2)13-20-23-16-6-4-5-7-17(16)24-20/h4-10,15H,11-13H2,1-3H3,(H,23,24). The number of nitrogens with one attached hydrogen (secondary N) is 1. The molecule has 0 aliphatic carbocycles. The molecule has 1 N–H and O–H groups in total. The molecular weight excluding hydrogens is 368 g/mol. The summed E-state index contributed by atoms with van der Waals surface area (Å²) in [6.07, 6.45) is 0.195. The maximum atomic E-state index is 13.0. The van der Waals surface area contributed by atoms with Gasteiger partial charge in [0.2, 0.25) is 11.8 Å². The van der Waals surface area contributed by atoms with Gasteiger partial charge in [-0.15, -0.1) is 0 Å². The summed E-state index contributed by atoms with van der Waals surface area (Å²) < 4.78 is 5.41. The molecule has 1 aliphatic rings. The van der Waals surface area contributed by atoms with Crippen LogP contribution < -0.4 is 9.64 Å². The normalized spacial score (nSPS) is 16.4. The van der Waals surface area contributed by atoms with Gasteiger partial charge >= 0.3 is 0 Å². The summed E-state index contributed by atoms with van der Waals surface area (Å²) in [7, 11) is 3.33. The maximum absolute atomic E-state index is 13.0. The van der Waals surface area contributed by atoms with Gasteiger partial charge in [0.1, 0.15) is 11.6 Å². The van der Waals surface area contributed by atoms with E-state index in [1.807, 2.05) is 49.4 Å². The lowest BCUT2D eigenvalue weighted by Gasteiger charge is -2.22. The number of imidazole rings is 1. The van der Waals surface area contributed by atoms with Gasteiger partial charge in [0.05, 0.1) is 36.3 Å². The molecule has 7 nitrogen and oxygen atoms in total. The number of carbonyl (C=O) groups is 2. The van der Waals surface area contributed by atoms with Crippen molar-refractivity contribution in [2.24, 2.45) is 5.92 Å². The summed E-state index contributed by atoms with van der Waals surface area (Å²) >= 11 is 0. The molecule has 4 rings (SSSR count). The minimum atomic E-state index is -0.387. The third kappa shape index (κ3) is 3.68. The van der Waals surface area contributed by atoms with Crippen molar-refractivity contribution >= 4 is 28.5 Å². The number of fused-ring (bicyclic) bond motifs is 1. The summed E-state index contributed by atoms with van der Waals surface area (Å²) in [5, 5.41) is 0. The molecule has 1 unspecified atom stereocenters. The first kappa shape index (κ1) is 19.0. The fourth-order valence-electron chi connectivity index (χ4n) is 3.81. The summed E-state index contributed by atoms with van der Waals surface area (Å²) in [4.78, 5) is 36.7. The molecule has 2 heterocycles. The summed E-state index contributed by atoms with van der Waals surface area (Å²) in [5.41, 5.74) is 3.56. The van der Waals surface area contributed by atoms with E-state index in [0.717, 1.165) is 22.4 Å². The van der Waals surface area contributed by atoms with E-state index in [2.05, 4.69) is 9.97 Å². The highest BCUT2D eigenvalue weighted by atomic mass is 16.5. The lowest BCUT2D eigenvalue weighted by Crippen LogP contribution is -2.34. The molecule has 1 atom stereocenters. The van der Waals surface area contributed by atoms with Crippen molar-refractivity contribution in [2.75, 3.05) is 25.6 Å². The van der Waals surface area contributed by atoms with E-state index in [1.54, 1.807) is 24.0 Å². The number of rotatable bonds is 5. The number of ether oxygens (including phenoxy) is 1. The number of nitrogens with zero attached hydrogens (tertiary/aromatic N) is 3. The SMILES string of the molecule is COc1ccc(C)cc1N1CC(C(=O)N(C)Cc2nc3ccccc3[nH]2)CC1=O. The first-order valence-electron chi connectivity index (χ1n) is 9.60. The molecule has 0 saturated carbocycles. The largest absolute Gasteiger partial charge is 0.495 e. The van der Waals surface area contributed by atoms with Crippen LogP contribution >= 0.6 is 0 Å². The number of methoxy groups -OCH3 is 1. The molecule has 2 aromatic carbocycles. The molecule has 0 spiro atoms. The van der Waals surface area contributed by atoms with E-state index in [9.17, 15) is 9.59 Å². The second-order valence-electron chi connectivity index (χ2n) is 7.48. The molecular formula is C22H24N4O3. The van der Waals surface area contributed by atoms with E-state index in [1.165, 1.54) is 0 Å². The van der Waals surface area contributed by atoms with E-state index in [0.29, 0.717) is 24.5 Å². The van der Waals surface area contributed by atoms with Crippen LogP contribution in [0.4, 0.5) is 5.69 Å². The van der Waals surface area contributed by atoms with Crippen LogP contribution in [-0.2, 0) is 16.1 Å². The van der Waals surface area contributed by atoms with Crippen molar-refractivity contribution in [3.8, 4) is 5.75 Å². The molecule has 29 heavy (non-hydrogen) atoms.